The van der Waals surface area contributed by atoms with Crippen LogP contribution in [0.15, 0.2) is 54.6 Å². The number of benzene rings is 2. The molecule has 144 valence electrons. The van der Waals surface area contributed by atoms with Crippen molar-refractivity contribution >= 4 is 11.6 Å². The third kappa shape index (κ3) is 4.09. The van der Waals surface area contributed by atoms with Crippen LogP contribution in [0.3, 0.4) is 0 Å². The Morgan fingerprint density at radius 3 is 2.57 bits per heavy atom. The number of rotatable bonds is 6. The Morgan fingerprint density at radius 2 is 1.82 bits per heavy atom. The van der Waals surface area contributed by atoms with E-state index in [9.17, 15) is 4.79 Å². The molecular formula is C23H26N4O. The minimum absolute atomic E-state index is 0.0241. The number of anilines is 1. The third-order valence-electron chi connectivity index (χ3n) is 5.27. The number of carbonyl (C=O) groups is 1. The normalized spacial score (nSPS) is 12.9. The molecule has 2 heterocycles. The fourth-order valence-corrected chi connectivity index (χ4v) is 3.78. The Morgan fingerprint density at radius 1 is 1.07 bits per heavy atom. The molecule has 5 heteroatoms. The van der Waals surface area contributed by atoms with Crippen LogP contribution in [0.25, 0.3) is 0 Å². The summed E-state index contributed by atoms with van der Waals surface area (Å²) in [5, 5.41) is 7.31. The van der Waals surface area contributed by atoms with Gasteiger partial charge in [-0.2, -0.15) is 5.10 Å². The molecule has 1 aliphatic heterocycles. The molecule has 4 rings (SSSR count). The van der Waals surface area contributed by atoms with Gasteiger partial charge in [0.1, 0.15) is 6.54 Å². The highest BCUT2D eigenvalue weighted by Crippen LogP contribution is 2.28. The average Bonchev–Trinajstić information content (AvgIpc) is 3.24. The molecule has 0 fully saturated rings. The Labute approximate surface area is 166 Å². The molecule has 3 aromatic rings. The summed E-state index contributed by atoms with van der Waals surface area (Å²) >= 11 is 0. The number of hydrogen-bond donors (Lipinski definition) is 1. The number of aryl methyl sites for hydroxylation is 2. The summed E-state index contributed by atoms with van der Waals surface area (Å²) in [6.45, 7) is 6.68. The van der Waals surface area contributed by atoms with Crippen molar-refractivity contribution in [2.24, 2.45) is 0 Å². The van der Waals surface area contributed by atoms with Crippen molar-refractivity contribution in [2.75, 3.05) is 11.4 Å². The van der Waals surface area contributed by atoms with Crippen LogP contribution in [0.4, 0.5) is 5.69 Å². The Kier molecular flexibility index (Phi) is 5.15. The number of amides is 1. The number of fused-ring (bicyclic) bond motifs is 1. The van der Waals surface area contributed by atoms with Crippen LogP contribution in [0, 0.1) is 13.8 Å². The van der Waals surface area contributed by atoms with Gasteiger partial charge in [0.2, 0.25) is 5.91 Å². The zero-order valence-electron chi connectivity index (χ0n) is 16.5. The van der Waals surface area contributed by atoms with E-state index in [4.69, 9.17) is 0 Å². The van der Waals surface area contributed by atoms with E-state index in [1.807, 2.05) is 19.9 Å². The molecule has 5 nitrogen and oxygen atoms in total. The van der Waals surface area contributed by atoms with Gasteiger partial charge < -0.3 is 10.2 Å². The zero-order chi connectivity index (χ0) is 19.5. The molecule has 1 aliphatic rings. The van der Waals surface area contributed by atoms with Gasteiger partial charge in [0.15, 0.2) is 0 Å². The molecule has 1 amide bonds. The highest BCUT2D eigenvalue weighted by molar-refractivity contribution is 5.75. The Bertz CT molecular complexity index is 975. The summed E-state index contributed by atoms with van der Waals surface area (Å²) in [6, 6.07) is 19.1. The van der Waals surface area contributed by atoms with Gasteiger partial charge in [-0.05, 0) is 49.1 Å². The zero-order valence-corrected chi connectivity index (χ0v) is 16.5. The van der Waals surface area contributed by atoms with E-state index in [1.54, 1.807) is 4.68 Å². The molecule has 28 heavy (non-hydrogen) atoms. The van der Waals surface area contributed by atoms with E-state index < -0.39 is 0 Å². The summed E-state index contributed by atoms with van der Waals surface area (Å²) in [4.78, 5) is 14.6. The van der Waals surface area contributed by atoms with E-state index >= 15 is 0 Å². The monoisotopic (exact) mass is 374 g/mol. The van der Waals surface area contributed by atoms with Crippen molar-refractivity contribution in [3.05, 3.63) is 82.7 Å². The summed E-state index contributed by atoms with van der Waals surface area (Å²) < 4.78 is 1.74. The Hall–Kier alpha value is -3.08. The molecule has 0 atom stereocenters. The molecule has 0 radical (unpaired) electrons. The fraction of sp³-hybridized carbons (Fsp3) is 0.304. The maximum absolute atomic E-state index is 12.2. The van der Waals surface area contributed by atoms with Crippen LogP contribution in [0.1, 0.15) is 28.1 Å². The number of aromatic nitrogens is 2. The van der Waals surface area contributed by atoms with Gasteiger partial charge in [0, 0.05) is 31.0 Å². The predicted octanol–water partition coefficient (Wildman–Crippen LogP) is 3.38. The summed E-state index contributed by atoms with van der Waals surface area (Å²) in [7, 11) is 0. The highest BCUT2D eigenvalue weighted by Gasteiger charge is 2.18. The average molecular weight is 374 g/mol. The number of nitrogens with zero attached hydrogens (tertiary/aromatic N) is 3. The first kappa shape index (κ1) is 18.3. The standard InChI is InChI=1S/C23H26N4O/c1-17-13-18(2)27(25-17)16-23(28)24-14-19-7-9-20(10-8-19)15-26-12-11-21-5-3-4-6-22(21)26/h3-10,13H,11-12,14-16H2,1-2H3,(H,24,28). The SMILES string of the molecule is Cc1cc(C)n(CC(=O)NCc2ccc(CN3CCc4ccccc43)cc2)n1. The van der Waals surface area contributed by atoms with Crippen LogP contribution in [-0.4, -0.2) is 22.2 Å². The second kappa shape index (κ2) is 7.89. The molecule has 0 saturated carbocycles. The number of para-hydroxylation sites is 1. The van der Waals surface area contributed by atoms with Gasteiger partial charge >= 0.3 is 0 Å². The summed E-state index contributed by atoms with van der Waals surface area (Å²) in [5.74, 6) is -0.0241. The van der Waals surface area contributed by atoms with E-state index in [1.165, 1.54) is 16.8 Å². The molecule has 0 bridgehead atoms. The topological polar surface area (TPSA) is 50.2 Å². The minimum Gasteiger partial charge on any atom is -0.367 e. The van der Waals surface area contributed by atoms with Crippen molar-refractivity contribution in [1.82, 2.24) is 15.1 Å². The molecule has 0 unspecified atom stereocenters. The Balaban J connectivity index is 1.30. The maximum atomic E-state index is 12.2. The molecule has 0 saturated heterocycles. The van der Waals surface area contributed by atoms with Crippen LogP contribution >= 0.6 is 0 Å². The lowest BCUT2D eigenvalue weighted by Crippen LogP contribution is -2.28. The van der Waals surface area contributed by atoms with Gasteiger partial charge in [0.05, 0.1) is 5.69 Å². The first-order chi connectivity index (χ1) is 13.6. The van der Waals surface area contributed by atoms with E-state index in [2.05, 4.69) is 63.8 Å². The van der Waals surface area contributed by atoms with Crippen molar-refractivity contribution in [3.63, 3.8) is 0 Å². The smallest absolute Gasteiger partial charge is 0.242 e. The summed E-state index contributed by atoms with van der Waals surface area (Å²) in [5.41, 5.74) is 7.11. The highest BCUT2D eigenvalue weighted by atomic mass is 16.2. The van der Waals surface area contributed by atoms with E-state index in [-0.39, 0.29) is 12.5 Å². The molecular weight excluding hydrogens is 348 g/mol. The lowest BCUT2D eigenvalue weighted by Gasteiger charge is -2.19. The van der Waals surface area contributed by atoms with Gasteiger partial charge in [0.25, 0.3) is 0 Å². The van der Waals surface area contributed by atoms with E-state index in [0.29, 0.717) is 6.54 Å². The van der Waals surface area contributed by atoms with Crippen molar-refractivity contribution < 1.29 is 4.79 Å². The van der Waals surface area contributed by atoms with Crippen molar-refractivity contribution in [1.29, 1.82) is 0 Å². The van der Waals surface area contributed by atoms with E-state index in [0.717, 1.165) is 36.5 Å². The van der Waals surface area contributed by atoms with Gasteiger partial charge in [-0.25, -0.2) is 0 Å². The molecule has 2 aromatic carbocycles. The first-order valence-electron chi connectivity index (χ1n) is 9.77. The molecule has 0 aliphatic carbocycles. The molecule has 0 spiro atoms. The molecule has 1 N–H and O–H groups in total. The summed E-state index contributed by atoms with van der Waals surface area (Å²) in [6.07, 6.45) is 1.12. The van der Waals surface area contributed by atoms with Gasteiger partial charge in [-0.3, -0.25) is 9.48 Å². The number of carbonyl (C=O) groups excluding carboxylic acids is 1. The quantitative estimate of drug-likeness (QED) is 0.720. The van der Waals surface area contributed by atoms with Crippen LogP contribution in [0.5, 0.6) is 0 Å². The second-order valence-corrected chi connectivity index (χ2v) is 7.48. The van der Waals surface area contributed by atoms with Crippen molar-refractivity contribution in [2.45, 2.75) is 39.9 Å². The van der Waals surface area contributed by atoms with Gasteiger partial charge in [-0.15, -0.1) is 0 Å². The predicted molar refractivity (Wildman–Crippen MR) is 111 cm³/mol. The van der Waals surface area contributed by atoms with Gasteiger partial charge in [-0.1, -0.05) is 42.5 Å². The lowest BCUT2D eigenvalue weighted by atomic mass is 10.1. The number of hydrogen-bond acceptors (Lipinski definition) is 3. The lowest BCUT2D eigenvalue weighted by molar-refractivity contribution is -0.122. The van der Waals surface area contributed by atoms with Crippen LogP contribution < -0.4 is 10.2 Å². The van der Waals surface area contributed by atoms with Crippen LogP contribution in [-0.2, 0) is 30.8 Å². The van der Waals surface area contributed by atoms with Crippen molar-refractivity contribution in [3.8, 4) is 0 Å². The first-order valence-corrected chi connectivity index (χ1v) is 9.77. The minimum atomic E-state index is -0.0241. The second-order valence-electron chi connectivity index (χ2n) is 7.48. The fourth-order valence-electron chi connectivity index (χ4n) is 3.78. The third-order valence-corrected chi connectivity index (χ3v) is 5.27. The number of nitrogens with one attached hydrogen (secondary N) is 1. The molecule has 1 aromatic heterocycles. The maximum Gasteiger partial charge on any atom is 0.242 e. The van der Waals surface area contributed by atoms with Crippen LogP contribution in [0.2, 0.25) is 0 Å². The largest absolute Gasteiger partial charge is 0.367 e.